The lowest BCUT2D eigenvalue weighted by Crippen LogP contribution is -1.90. The van der Waals surface area contributed by atoms with Gasteiger partial charge in [0.15, 0.2) is 11.9 Å². The van der Waals surface area contributed by atoms with Crippen molar-refractivity contribution in [1.82, 2.24) is 5.43 Å². The summed E-state index contributed by atoms with van der Waals surface area (Å²) in [5, 5.41) is 16.7. The van der Waals surface area contributed by atoms with Gasteiger partial charge in [-0.2, -0.15) is 10.7 Å². The Morgan fingerprint density at radius 3 is 2.45 bits per heavy atom. The summed E-state index contributed by atoms with van der Waals surface area (Å²) in [7, 11) is 0. The Balaban J connectivity index is 2.26. The van der Waals surface area contributed by atoms with Crippen LogP contribution in [0, 0.1) is 11.5 Å². The molecule has 0 amide bonds. The van der Waals surface area contributed by atoms with Crippen LogP contribution in [0.4, 0.5) is 5.69 Å². The monoisotopic (exact) mass is 306 g/mol. The van der Waals surface area contributed by atoms with E-state index in [1.165, 1.54) is 0 Å². The van der Waals surface area contributed by atoms with Crippen LogP contribution in [0.25, 0.3) is 0 Å². The van der Waals surface area contributed by atoms with Crippen molar-refractivity contribution in [3.05, 3.63) is 52.5 Å². The summed E-state index contributed by atoms with van der Waals surface area (Å²) in [6, 6.07) is 11.8. The standard InChI is InChI=1S/C13H8Cl2N4O/c14-9-1-4-11(5-2-9)20-13-6-3-10(15)7-12(13)18-19-17-8-16/h1-7H,(H,17,18). The van der Waals surface area contributed by atoms with Crippen LogP contribution in [0.3, 0.4) is 0 Å². The van der Waals surface area contributed by atoms with Gasteiger partial charge in [0.2, 0.25) is 0 Å². The maximum atomic E-state index is 8.34. The number of nitrogens with one attached hydrogen (secondary N) is 1. The second kappa shape index (κ2) is 6.75. The van der Waals surface area contributed by atoms with Gasteiger partial charge < -0.3 is 4.74 Å². The quantitative estimate of drug-likeness (QED) is 0.380. The van der Waals surface area contributed by atoms with E-state index in [2.05, 4.69) is 15.8 Å². The molecule has 1 N–H and O–H groups in total. The summed E-state index contributed by atoms with van der Waals surface area (Å²) in [4.78, 5) is 0. The van der Waals surface area contributed by atoms with E-state index in [-0.39, 0.29) is 0 Å². The zero-order valence-corrected chi connectivity index (χ0v) is 11.6. The maximum absolute atomic E-state index is 8.34. The Kier molecular flexibility index (Phi) is 4.77. The molecule has 5 nitrogen and oxygen atoms in total. The Morgan fingerprint density at radius 2 is 1.75 bits per heavy atom. The molecule has 20 heavy (non-hydrogen) atoms. The molecule has 0 fully saturated rings. The lowest BCUT2D eigenvalue weighted by molar-refractivity contribution is 0.483. The van der Waals surface area contributed by atoms with Gasteiger partial charge in [-0.25, -0.2) is 0 Å². The van der Waals surface area contributed by atoms with Crippen molar-refractivity contribution in [3.8, 4) is 17.7 Å². The predicted octanol–water partition coefficient (Wildman–Crippen LogP) is 4.86. The summed E-state index contributed by atoms with van der Waals surface area (Å²) in [5.74, 6) is 1.06. The first kappa shape index (κ1) is 14.1. The van der Waals surface area contributed by atoms with Crippen molar-refractivity contribution in [2.45, 2.75) is 0 Å². The van der Waals surface area contributed by atoms with Gasteiger partial charge in [0.25, 0.3) is 0 Å². The molecule has 7 heteroatoms. The fourth-order valence-corrected chi connectivity index (χ4v) is 1.68. The Morgan fingerprint density at radius 1 is 1.05 bits per heavy atom. The summed E-state index contributed by atoms with van der Waals surface area (Å²) in [6.07, 6.45) is 1.63. The number of hydrogen-bond acceptors (Lipinski definition) is 4. The molecule has 0 saturated heterocycles. The van der Waals surface area contributed by atoms with Gasteiger partial charge in [-0.15, -0.1) is 5.11 Å². The van der Waals surface area contributed by atoms with Crippen LogP contribution in [0.5, 0.6) is 11.5 Å². The first-order valence-electron chi connectivity index (χ1n) is 5.47. The van der Waals surface area contributed by atoms with Gasteiger partial charge in [0.1, 0.15) is 11.4 Å². The molecule has 100 valence electrons. The first-order valence-corrected chi connectivity index (χ1v) is 6.22. The molecule has 2 aromatic carbocycles. The highest BCUT2D eigenvalue weighted by Crippen LogP contribution is 2.34. The number of nitriles is 1. The number of nitrogens with zero attached hydrogens (tertiary/aromatic N) is 3. The van der Waals surface area contributed by atoms with Crippen LogP contribution in [0.2, 0.25) is 10.0 Å². The van der Waals surface area contributed by atoms with Crippen molar-refractivity contribution in [1.29, 1.82) is 5.26 Å². The smallest absolute Gasteiger partial charge is 0.200 e. The Hall–Kier alpha value is -2.29. The highest BCUT2D eigenvalue weighted by Gasteiger charge is 2.06. The molecule has 0 aliphatic heterocycles. The van der Waals surface area contributed by atoms with Crippen molar-refractivity contribution >= 4 is 28.9 Å². The van der Waals surface area contributed by atoms with Crippen LogP contribution < -0.4 is 10.2 Å². The number of halogens is 2. The summed E-state index contributed by atoms with van der Waals surface area (Å²) in [5.41, 5.74) is 2.46. The van der Waals surface area contributed by atoms with Gasteiger partial charge >= 0.3 is 0 Å². The van der Waals surface area contributed by atoms with Gasteiger partial charge in [-0.05, 0) is 42.5 Å². The highest BCUT2D eigenvalue weighted by atomic mass is 35.5. The van der Waals surface area contributed by atoms with E-state index in [4.69, 9.17) is 33.2 Å². The molecule has 0 unspecified atom stereocenters. The molecular weight excluding hydrogens is 299 g/mol. The zero-order chi connectivity index (χ0) is 14.4. The molecule has 0 aliphatic rings. The van der Waals surface area contributed by atoms with E-state index in [1.807, 2.05) is 0 Å². The number of ether oxygens (including phenoxy) is 1. The predicted molar refractivity (Wildman–Crippen MR) is 76.2 cm³/mol. The molecule has 0 atom stereocenters. The van der Waals surface area contributed by atoms with E-state index in [0.717, 1.165) is 0 Å². The van der Waals surface area contributed by atoms with E-state index in [9.17, 15) is 0 Å². The van der Waals surface area contributed by atoms with E-state index in [1.54, 1.807) is 48.7 Å². The molecule has 0 aromatic heterocycles. The van der Waals surface area contributed by atoms with Crippen molar-refractivity contribution < 1.29 is 4.74 Å². The van der Waals surface area contributed by atoms with Gasteiger partial charge in [0.05, 0.1) is 0 Å². The van der Waals surface area contributed by atoms with E-state index >= 15 is 0 Å². The highest BCUT2D eigenvalue weighted by molar-refractivity contribution is 6.31. The molecule has 0 spiro atoms. The van der Waals surface area contributed by atoms with Crippen LogP contribution in [0.15, 0.2) is 52.8 Å². The molecule has 0 heterocycles. The van der Waals surface area contributed by atoms with Crippen LogP contribution in [0.1, 0.15) is 0 Å². The van der Waals surface area contributed by atoms with Crippen LogP contribution in [-0.4, -0.2) is 0 Å². The fourth-order valence-electron chi connectivity index (χ4n) is 1.39. The largest absolute Gasteiger partial charge is 0.455 e. The third-order valence-corrected chi connectivity index (χ3v) is 2.71. The molecule has 0 saturated carbocycles. The number of rotatable bonds is 4. The SMILES string of the molecule is N#CNN=Nc1cc(Cl)ccc1Oc1ccc(Cl)cc1. The van der Waals surface area contributed by atoms with Crippen molar-refractivity contribution in [2.24, 2.45) is 10.3 Å². The van der Waals surface area contributed by atoms with Gasteiger partial charge in [-0.3, -0.25) is 0 Å². The summed E-state index contributed by atoms with van der Waals surface area (Å²) in [6.45, 7) is 0. The average molecular weight is 307 g/mol. The molecular formula is C13H8Cl2N4O. The third kappa shape index (κ3) is 3.85. The molecule has 0 aliphatic carbocycles. The molecule has 2 aromatic rings. The summed E-state index contributed by atoms with van der Waals surface area (Å²) < 4.78 is 5.67. The van der Waals surface area contributed by atoms with Gasteiger partial charge in [0, 0.05) is 10.0 Å². The Labute approximate surface area is 125 Å². The van der Waals surface area contributed by atoms with Crippen molar-refractivity contribution in [2.75, 3.05) is 0 Å². The number of hydrogen-bond donors (Lipinski definition) is 1. The number of benzene rings is 2. The minimum absolute atomic E-state index is 0.398. The second-order valence-electron chi connectivity index (χ2n) is 3.59. The van der Waals surface area contributed by atoms with Crippen molar-refractivity contribution in [3.63, 3.8) is 0 Å². The molecule has 0 bridgehead atoms. The normalized spacial score (nSPS) is 10.2. The van der Waals surface area contributed by atoms with E-state index in [0.29, 0.717) is 27.2 Å². The van der Waals surface area contributed by atoms with Crippen LogP contribution in [-0.2, 0) is 0 Å². The summed E-state index contributed by atoms with van der Waals surface area (Å²) >= 11 is 11.7. The average Bonchev–Trinajstić information content (AvgIpc) is 2.44. The minimum Gasteiger partial charge on any atom is -0.455 e. The topological polar surface area (TPSA) is 69.8 Å². The fraction of sp³-hybridized carbons (Fsp3) is 0. The van der Waals surface area contributed by atoms with Crippen LogP contribution >= 0.6 is 23.2 Å². The van der Waals surface area contributed by atoms with Gasteiger partial charge in [-0.1, -0.05) is 28.4 Å². The third-order valence-electron chi connectivity index (χ3n) is 2.22. The second-order valence-corrected chi connectivity index (χ2v) is 4.46. The first-order chi connectivity index (χ1) is 9.69. The lowest BCUT2D eigenvalue weighted by atomic mass is 10.3. The Bertz CT molecular complexity index is 665. The zero-order valence-electron chi connectivity index (χ0n) is 10.0. The maximum Gasteiger partial charge on any atom is 0.200 e. The molecule has 0 radical (unpaired) electrons. The lowest BCUT2D eigenvalue weighted by Gasteiger charge is -2.08. The van der Waals surface area contributed by atoms with E-state index < -0.39 is 0 Å². The minimum atomic E-state index is 0.398. The molecule has 2 rings (SSSR count).